The zero-order valence-corrected chi connectivity index (χ0v) is 17.6. The number of amides is 1. The van der Waals surface area contributed by atoms with Crippen LogP contribution >= 0.6 is 0 Å². The maximum atomic E-state index is 13.1. The largest absolute Gasteiger partial charge is 0.450 e. The van der Waals surface area contributed by atoms with Crippen LogP contribution in [0.25, 0.3) is 0 Å². The van der Waals surface area contributed by atoms with Crippen molar-refractivity contribution in [3.63, 3.8) is 0 Å². The molecule has 0 saturated carbocycles. The van der Waals surface area contributed by atoms with Crippen molar-refractivity contribution in [2.75, 3.05) is 19.8 Å². The van der Waals surface area contributed by atoms with Crippen LogP contribution in [0.3, 0.4) is 0 Å². The molecule has 0 aliphatic heterocycles. The molecule has 0 aromatic heterocycles. The lowest BCUT2D eigenvalue weighted by atomic mass is 9.72. The standard InChI is InChI=1S/C21H27NO10/c1-6-13(25)20(14(26)7-2,17(29)11-23)22(19(31)32-10-5)21(15(27)8-3,16(28)9-4)18(30)12-24/h6-9,17-18,23-24,29-30H,1-4,10-12H2,5H3. The lowest BCUT2D eigenvalue weighted by Crippen LogP contribution is -2.80. The van der Waals surface area contributed by atoms with Crippen molar-refractivity contribution in [2.24, 2.45) is 0 Å². The average Bonchev–Trinajstić information content (AvgIpc) is 2.81. The van der Waals surface area contributed by atoms with E-state index in [2.05, 4.69) is 26.3 Å². The molecule has 4 N–H and O–H groups in total. The fourth-order valence-corrected chi connectivity index (χ4v) is 3.28. The second-order valence-electron chi connectivity index (χ2n) is 6.24. The van der Waals surface area contributed by atoms with Gasteiger partial charge in [0.1, 0.15) is 12.2 Å². The third-order valence-corrected chi connectivity index (χ3v) is 4.71. The third kappa shape index (κ3) is 4.36. The van der Waals surface area contributed by atoms with E-state index >= 15 is 0 Å². The van der Waals surface area contributed by atoms with Gasteiger partial charge in [0.2, 0.25) is 11.1 Å². The number of ketones is 4. The number of hydrogen-bond acceptors (Lipinski definition) is 10. The van der Waals surface area contributed by atoms with Crippen LogP contribution in [0.5, 0.6) is 0 Å². The summed E-state index contributed by atoms with van der Waals surface area (Å²) in [5.41, 5.74) is -6.53. The zero-order chi connectivity index (χ0) is 25.3. The Balaban J connectivity index is 8.18. The first kappa shape index (κ1) is 28.8. The van der Waals surface area contributed by atoms with Gasteiger partial charge in [-0.3, -0.25) is 24.1 Å². The third-order valence-electron chi connectivity index (χ3n) is 4.71. The Morgan fingerprint density at radius 3 is 1.25 bits per heavy atom. The molecule has 0 saturated heterocycles. The van der Waals surface area contributed by atoms with Crippen LogP contribution < -0.4 is 0 Å². The Morgan fingerprint density at radius 2 is 1.06 bits per heavy atom. The Hall–Kier alpha value is -3.25. The SMILES string of the molecule is C=CC(=O)C(C(=O)C=C)(C(O)CO)N(C(=O)OCC)C(C(=O)C=C)(C(=O)C=C)C(O)CO. The fraction of sp³-hybridized carbons (Fsp3) is 0.381. The Kier molecular flexibility index (Phi) is 10.7. The summed E-state index contributed by atoms with van der Waals surface area (Å²) in [5.74, 6) is -5.83. The highest BCUT2D eigenvalue weighted by atomic mass is 16.6. The van der Waals surface area contributed by atoms with Crippen LogP contribution in [0, 0.1) is 0 Å². The van der Waals surface area contributed by atoms with Crippen LogP contribution in [0.1, 0.15) is 6.92 Å². The summed E-state index contributed by atoms with van der Waals surface area (Å²) < 4.78 is 4.84. The number of hydrogen-bond donors (Lipinski definition) is 4. The minimum absolute atomic E-state index is 0.104. The molecule has 0 radical (unpaired) electrons. The maximum absolute atomic E-state index is 13.1. The number of aliphatic hydroxyl groups excluding tert-OH is 4. The Bertz CT molecular complexity index is 717. The van der Waals surface area contributed by atoms with E-state index in [1.54, 1.807) is 0 Å². The minimum Gasteiger partial charge on any atom is -0.450 e. The highest BCUT2D eigenvalue weighted by Gasteiger charge is 2.68. The maximum Gasteiger partial charge on any atom is 0.412 e. The van der Waals surface area contributed by atoms with E-state index in [0.717, 1.165) is 0 Å². The highest BCUT2D eigenvalue weighted by molar-refractivity contribution is 6.26. The molecule has 32 heavy (non-hydrogen) atoms. The van der Waals surface area contributed by atoms with E-state index in [-0.39, 0.29) is 4.90 Å². The summed E-state index contributed by atoms with van der Waals surface area (Å²) in [6.07, 6.45) is -4.70. The summed E-state index contributed by atoms with van der Waals surface area (Å²) in [5, 5.41) is 40.6. The summed E-state index contributed by atoms with van der Waals surface area (Å²) in [6.45, 7) is 11.0. The van der Waals surface area contributed by atoms with Crippen molar-refractivity contribution in [1.29, 1.82) is 0 Å². The fourth-order valence-electron chi connectivity index (χ4n) is 3.28. The van der Waals surface area contributed by atoms with Gasteiger partial charge in [-0.25, -0.2) is 4.79 Å². The van der Waals surface area contributed by atoms with Crippen molar-refractivity contribution in [2.45, 2.75) is 30.2 Å². The molecule has 176 valence electrons. The van der Waals surface area contributed by atoms with Gasteiger partial charge in [-0.05, 0) is 31.2 Å². The predicted molar refractivity (Wildman–Crippen MR) is 111 cm³/mol. The summed E-state index contributed by atoms with van der Waals surface area (Å²) in [6, 6.07) is 0. The van der Waals surface area contributed by atoms with Crippen molar-refractivity contribution >= 4 is 29.2 Å². The highest BCUT2D eigenvalue weighted by Crippen LogP contribution is 2.37. The molecule has 11 heteroatoms. The van der Waals surface area contributed by atoms with Crippen molar-refractivity contribution in [3.05, 3.63) is 50.6 Å². The zero-order valence-electron chi connectivity index (χ0n) is 17.6. The minimum atomic E-state index is -3.27. The number of carbonyl (C=O) groups excluding carboxylic acids is 5. The molecule has 0 spiro atoms. The number of ether oxygens (including phenoxy) is 1. The molecular formula is C21H27NO10. The Labute approximate surface area is 184 Å². The summed E-state index contributed by atoms with van der Waals surface area (Å²) in [4.78, 5) is 65.2. The molecule has 2 unspecified atom stereocenters. The van der Waals surface area contributed by atoms with Crippen molar-refractivity contribution in [3.8, 4) is 0 Å². The second-order valence-corrected chi connectivity index (χ2v) is 6.24. The molecule has 0 aromatic rings. The Morgan fingerprint density at radius 1 is 0.781 bits per heavy atom. The first-order valence-electron chi connectivity index (χ1n) is 9.22. The molecule has 0 aliphatic carbocycles. The lowest BCUT2D eigenvalue weighted by molar-refractivity contribution is -0.171. The average molecular weight is 453 g/mol. The molecule has 1 amide bonds. The molecular weight excluding hydrogens is 426 g/mol. The normalized spacial score (nSPS) is 13.2. The number of nitrogens with zero attached hydrogens (tertiary/aromatic N) is 1. The van der Waals surface area contributed by atoms with E-state index in [1.165, 1.54) is 6.92 Å². The second kappa shape index (κ2) is 12.0. The number of rotatable bonds is 15. The molecule has 2 atom stereocenters. The van der Waals surface area contributed by atoms with Crippen molar-refractivity contribution < 1.29 is 49.1 Å². The molecule has 0 rings (SSSR count). The monoisotopic (exact) mass is 453 g/mol. The molecule has 0 heterocycles. The van der Waals surface area contributed by atoms with Gasteiger partial charge >= 0.3 is 6.09 Å². The van der Waals surface area contributed by atoms with Gasteiger partial charge < -0.3 is 25.2 Å². The topological polar surface area (TPSA) is 179 Å². The van der Waals surface area contributed by atoms with E-state index in [0.29, 0.717) is 24.3 Å². The van der Waals surface area contributed by atoms with Crippen molar-refractivity contribution in [1.82, 2.24) is 4.90 Å². The van der Waals surface area contributed by atoms with Gasteiger partial charge in [0.05, 0.1) is 19.8 Å². The molecule has 0 aromatic carbocycles. The van der Waals surface area contributed by atoms with E-state index in [9.17, 15) is 44.4 Å². The summed E-state index contributed by atoms with van der Waals surface area (Å²) >= 11 is 0. The van der Waals surface area contributed by atoms with Gasteiger partial charge in [-0.1, -0.05) is 26.3 Å². The predicted octanol–water partition coefficient (Wildman–Crippen LogP) is -1.35. The first-order valence-corrected chi connectivity index (χ1v) is 9.22. The van der Waals surface area contributed by atoms with Crippen LogP contribution in [-0.2, 0) is 23.9 Å². The quantitative estimate of drug-likeness (QED) is 0.171. The smallest absolute Gasteiger partial charge is 0.412 e. The number of aliphatic hydroxyl groups is 4. The van der Waals surface area contributed by atoms with Gasteiger partial charge in [0.25, 0.3) is 0 Å². The summed E-state index contributed by atoms with van der Waals surface area (Å²) in [7, 11) is 0. The van der Waals surface area contributed by atoms with Crippen LogP contribution in [0.15, 0.2) is 50.6 Å². The first-order chi connectivity index (χ1) is 15.0. The van der Waals surface area contributed by atoms with Gasteiger partial charge in [0.15, 0.2) is 23.1 Å². The molecule has 11 nitrogen and oxygen atoms in total. The van der Waals surface area contributed by atoms with Gasteiger partial charge in [0, 0.05) is 0 Å². The van der Waals surface area contributed by atoms with Gasteiger partial charge in [-0.2, -0.15) is 0 Å². The van der Waals surface area contributed by atoms with Crippen LogP contribution in [0.2, 0.25) is 0 Å². The van der Waals surface area contributed by atoms with Crippen LogP contribution in [0.4, 0.5) is 4.79 Å². The molecule has 0 aliphatic rings. The van der Waals surface area contributed by atoms with E-state index in [4.69, 9.17) is 4.74 Å². The lowest BCUT2D eigenvalue weighted by Gasteiger charge is -2.51. The van der Waals surface area contributed by atoms with E-state index < -0.39 is 72.3 Å². The van der Waals surface area contributed by atoms with Crippen LogP contribution in [-0.4, -0.2) is 97.7 Å². The molecule has 0 bridgehead atoms. The molecule has 0 fully saturated rings. The van der Waals surface area contributed by atoms with E-state index in [1.807, 2.05) is 0 Å². The van der Waals surface area contributed by atoms with Gasteiger partial charge in [-0.15, -0.1) is 0 Å². The number of carbonyl (C=O) groups is 5.